The molecule has 1 atom stereocenters. The van der Waals surface area contributed by atoms with Crippen molar-refractivity contribution in [3.05, 3.63) is 126 Å². The van der Waals surface area contributed by atoms with Gasteiger partial charge in [0.25, 0.3) is 0 Å². The Labute approximate surface area is 176 Å². The molecule has 0 radical (unpaired) electrons. The zero-order chi connectivity index (χ0) is 20.2. The fraction of sp³-hybridized carbons (Fsp3) is 0.0741. The van der Waals surface area contributed by atoms with E-state index in [0.29, 0.717) is 12.5 Å². The summed E-state index contributed by atoms with van der Waals surface area (Å²) in [7, 11) is 0. The maximum Gasteiger partial charge on any atom is 0.219 e. The second-order valence-electron chi connectivity index (χ2n) is 7.20. The van der Waals surface area contributed by atoms with E-state index >= 15 is 0 Å². The van der Waals surface area contributed by atoms with Crippen molar-refractivity contribution < 1.29 is 4.74 Å². The van der Waals surface area contributed by atoms with Crippen LogP contribution in [0.1, 0.15) is 17.2 Å². The van der Waals surface area contributed by atoms with Crippen LogP contribution in [-0.2, 0) is 4.74 Å². The molecule has 1 aliphatic heterocycles. The van der Waals surface area contributed by atoms with Gasteiger partial charge in [-0.3, -0.25) is 0 Å². The van der Waals surface area contributed by atoms with Crippen LogP contribution in [0.2, 0.25) is 0 Å². The van der Waals surface area contributed by atoms with E-state index in [2.05, 4.69) is 83.8 Å². The first-order valence-corrected chi connectivity index (χ1v) is 10.2. The number of benzene rings is 4. The molecule has 146 valence electrons. The molecule has 0 amide bonds. The summed E-state index contributed by atoms with van der Waals surface area (Å²) in [6.07, 6.45) is 0. The van der Waals surface area contributed by atoms with Crippen LogP contribution in [0.25, 0.3) is 0 Å². The normalized spacial score (nSPS) is 15.3. The molecule has 1 heterocycles. The second kappa shape index (κ2) is 8.26. The van der Waals surface area contributed by atoms with Crippen molar-refractivity contribution in [1.82, 2.24) is 0 Å². The Morgan fingerprint density at radius 3 is 1.80 bits per heavy atom. The number of rotatable bonds is 5. The van der Waals surface area contributed by atoms with Crippen LogP contribution in [0.15, 0.2) is 120 Å². The minimum absolute atomic E-state index is 0.0242. The molecule has 0 saturated heterocycles. The Balaban J connectivity index is 1.60. The highest BCUT2D eigenvalue weighted by molar-refractivity contribution is 6.02. The molecule has 1 aliphatic rings. The number of aliphatic imine (C=N–C) groups is 1. The number of ether oxygens (including phenoxy) is 1. The number of para-hydroxylation sites is 3. The summed E-state index contributed by atoms with van der Waals surface area (Å²) < 4.78 is 6.09. The standard InChI is InChI=1S/C27H22N2O/c1-4-12-21(13-5-1)25-20-30-27(28-25)24-18-10-11-19-26(24)29(22-14-6-2-7-15-22)23-16-8-3-9-17-23/h1-19,25H,20H2. The van der Waals surface area contributed by atoms with Crippen LogP contribution < -0.4 is 4.90 Å². The summed E-state index contributed by atoms with van der Waals surface area (Å²) in [5.41, 5.74) is 5.39. The summed E-state index contributed by atoms with van der Waals surface area (Å²) in [5, 5.41) is 0. The summed E-state index contributed by atoms with van der Waals surface area (Å²) in [6, 6.07) is 39.4. The molecule has 0 bridgehead atoms. The Hall–Kier alpha value is -3.85. The van der Waals surface area contributed by atoms with Crippen molar-refractivity contribution in [2.24, 2.45) is 4.99 Å². The van der Waals surface area contributed by atoms with E-state index in [9.17, 15) is 0 Å². The van der Waals surface area contributed by atoms with Crippen molar-refractivity contribution in [2.75, 3.05) is 11.5 Å². The number of anilines is 3. The third-order valence-electron chi connectivity index (χ3n) is 5.24. The highest BCUT2D eigenvalue weighted by Gasteiger charge is 2.25. The molecular weight excluding hydrogens is 368 g/mol. The van der Waals surface area contributed by atoms with Crippen LogP contribution >= 0.6 is 0 Å². The monoisotopic (exact) mass is 390 g/mol. The fourth-order valence-electron chi connectivity index (χ4n) is 3.80. The average Bonchev–Trinajstić information content (AvgIpc) is 3.32. The van der Waals surface area contributed by atoms with Crippen molar-refractivity contribution in [2.45, 2.75) is 6.04 Å². The van der Waals surface area contributed by atoms with Crippen molar-refractivity contribution in [3.8, 4) is 0 Å². The van der Waals surface area contributed by atoms with Crippen LogP contribution in [0.5, 0.6) is 0 Å². The SMILES string of the molecule is c1ccc(C2COC(c3ccccc3N(c3ccccc3)c3ccccc3)=N2)cc1. The lowest BCUT2D eigenvalue weighted by atomic mass is 10.1. The molecule has 0 aliphatic carbocycles. The van der Waals surface area contributed by atoms with Crippen molar-refractivity contribution in [1.29, 1.82) is 0 Å². The maximum absolute atomic E-state index is 6.09. The highest BCUT2D eigenvalue weighted by atomic mass is 16.5. The predicted molar refractivity (Wildman–Crippen MR) is 123 cm³/mol. The molecule has 5 rings (SSSR count). The third kappa shape index (κ3) is 3.58. The fourth-order valence-corrected chi connectivity index (χ4v) is 3.80. The van der Waals surface area contributed by atoms with Crippen LogP contribution in [0, 0.1) is 0 Å². The lowest BCUT2D eigenvalue weighted by Gasteiger charge is -2.27. The summed E-state index contributed by atoms with van der Waals surface area (Å²) in [6.45, 7) is 0.560. The van der Waals surface area contributed by atoms with Gasteiger partial charge in [0.1, 0.15) is 12.6 Å². The van der Waals surface area contributed by atoms with E-state index in [1.54, 1.807) is 0 Å². The first-order chi connectivity index (χ1) is 14.9. The van der Waals surface area contributed by atoms with E-state index in [1.807, 2.05) is 36.4 Å². The van der Waals surface area contributed by atoms with Gasteiger partial charge in [-0.25, -0.2) is 4.99 Å². The topological polar surface area (TPSA) is 24.8 Å². The van der Waals surface area contributed by atoms with Gasteiger partial charge in [-0.2, -0.15) is 0 Å². The van der Waals surface area contributed by atoms with Crippen molar-refractivity contribution in [3.63, 3.8) is 0 Å². The molecule has 4 aromatic rings. The Kier molecular flexibility index (Phi) is 5.01. The average molecular weight is 390 g/mol. The Morgan fingerprint density at radius 1 is 0.633 bits per heavy atom. The second-order valence-corrected chi connectivity index (χ2v) is 7.20. The molecule has 0 aromatic heterocycles. The molecule has 3 nitrogen and oxygen atoms in total. The van der Waals surface area contributed by atoms with Crippen molar-refractivity contribution >= 4 is 23.0 Å². The summed E-state index contributed by atoms with van der Waals surface area (Å²) in [4.78, 5) is 7.17. The van der Waals surface area contributed by atoms with E-state index in [4.69, 9.17) is 9.73 Å². The zero-order valence-corrected chi connectivity index (χ0v) is 16.6. The van der Waals surface area contributed by atoms with Gasteiger partial charge in [0.2, 0.25) is 5.90 Å². The zero-order valence-electron chi connectivity index (χ0n) is 16.6. The van der Waals surface area contributed by atoms with Crippen LogP contribution in [0.4, 0.5) is 17.1 Å². The molecule has 0 saturated carbocycles. The smallest absolute Gasteiger partial charge is 0.219 e. The Bertz CT molecular complexity index is 1100. The summed E-state index contributed by atoms with van der Waals surface area (Å²) in [5.74, 6) is 0.691. The number of hydrogen-bond acceptors (Lipinski definition) is 3. The molecule has 0 N–H and O–H groups in total. The quantitative estimate of drug-likeness (QED) is 0.380. The molecular formula is C27H22N2O. The first kappa shape index (κ1) is 18.2. The van der Waals surface area contributed by atoms with Gasteiger partial charge >= 0.3 is 0 Å². The van der Waals surface area contributed by atoms with Gasteiger partial charge in [-0.05, 0) is 42.0 Å². The highest BCUT2D eigenvalue weighted by Crippen LogP contribution is 2.38. The lowest BCUT2D eigenvalue weighted by Crippen LogP contribution is -2.14. The van der Waals surface area contributed by atoms with E-state index in [-0.39, 0.29) is 6.04 Å². The number of hydrogen-bond donors (Lipinski definition) is 0. The van der Waals surface area contributed by atoms with Gasteiger partial charge in [-0.1, -0.05) is 78.9 Å². The van der Waals surface area contributed by atoms with E-state index < -0.39 is 0 Å². The summed E-state index contributed by atoms with van der Waals surface area (Å²) >= 11 is 0. The number of nitrogens with zero attached hydrogens (tertiary/aromatic N) is 2. The lowest BCUT2D eigenvalue weighted by molar-refractivity contribution is 0.320. The van der Waals surface area contributed by atoms with Gasteiger partial charge in [0, 0.05) is 11.4 Å². The Morgan fingerprint density at radius 2 is 1.17 bits per heavy atom. The molecule has 0 fully saturated rings. The van der Waals surface area contributed by atoms with Gasteiger partial charge in [0.05, 0.1) is 11.3 Å². The first-order valence-electron chi connectivity index (χ1n) is 10.2. The third-order valence-corrected chi connectivity index (χ3v) is 5.24. The molecule has 1 unspecified atom stereocenters. The minimum atomic E-state index is 0.0242. The van der Waals surface area contributed by atoms with Gasteiger partial charge in [0.15, 0.2) is 0 Å². The molecule has 0 spiro atoms. The van der Waals surface area contributed by atoms with Crippen LogP contribution in [-0.4, -0.2) is 12.5 Å². The molecule has 30 heavy (non-hydrogen) atoms. The largest absolute Gasteiger partial charge is 0.475 e. The van der Waals surface area contributed by atoms with Crippen LogP contribution in [0.3, 0.4) is 0 Å². The maximum atomic E-state index is 6.09. The van der Waals surface area contributed by atoms with E-state index in [1.165, 1.54) is 5.56 Å². The van der Waals surface area contributed by atoms with E-state index in [0.717, 1.165) is 22.6 Å². The van der Waals surface area contributed by atoms with Gasteiger partial charge < -0.3 is 9.64 Å². The molecule has 3 heteroatoms. The van der Waals surface area contributed by atoms with Gasteiger partial charge in [-0.15, -0.1) is 0 Å². The minimum Gasteiger partial charge on any atom is -0.475 e. The predicted octanol–water partition coefficient (Wildman–Crippen LogP) is 6.67. The molecule has 4 aromatic carbocycles.